The van der Waals surface area contributed by atoms with Crippen molar-refractivity contribution in [2.75, 3.05) is 13.1 Å². The molecule has 0 spiro atoms. The third-order valence-corrected chi connectivity index (χ3v) is 3.67. The molecule has 5 nitrogen and oxygen atoms in total. The fraction of sp³-hybridized carbons (Fsp3) is 0.438. The van der Waals surface area contributed by atoms with E-state index in [4.69, 9.17) is 0 Å². The maximum atomic E-state index is 13.6. The summed E-state index contributed by atoms with van der Waals surface area (Å²) in [6.07, 6.45) is 3.13. The lowest BCUT2D eigenvalue weighted by Crippen LogP contribution is -2.39. The van der Waals surface area contributed by atoms with E-state index >= 15 is 0 Å². The maximum Gasteiger partial charge on any atom is 0.259 e. The van der Waals surface area contributed by atoms with Crippen LogP contribution in [0, 0.1) is 11.6 Å². The predicted octanol–water partition coefficient (Wildman–Crippen LogP) is 2.21. The molecule has 0 atom stereocenters. The zero-order valence-corrected chi connectivity index (χ0v) is 12.9. The van der Waals surface area contributed by atoms with Crippen LogP contribution in [-0.4, -0.2) is 35.5 Å². The summed E-state index contributed by atoms with van der Waals surface area (Å²) in [7, 11) is 0. The first kappa shape index (κ1) is 17.1. The predicted molar refractivity (Wildman–Crippen MR) is 81.8 cm³/mol. The van der Waals surface area contributed by atoms with Crippen LogP contribution in [0.3, 0.4) is 0 Å². The highest BCUT2D eigenvalue weighted by Crippen LogP contribution is 2.11. The largest absolute Gasteiger partial charge is 0.333 e. The fourth-order valence-corrected chi connectivity index (χ4v) is 2.40. The number of nitrogens with one attached hydrogen (secondary N) is 1. The van der Waals surface area contributed by atoms with E-state index in [0.717, 1.165) is 37.5 Å². The van der Waals surface area contributed by atoms with Crippen molar-refractivity contribution in [1.29, 1.82) is 0 Å². The van der Waals surface area contributed by atoms with Crippen LogP contribution in [0.5, 0.6) is 0 Å². The quantitative estimate of drug-likeness (QED) is 0.682. The highest BCUT2D eigenvalue weighted by molar-refractivity contribution is 5.99. The molecule has 1 fully saturated rings. The SMILES string of the molecule is C/C(=N/NC(=O)CN1CCCCCC1=O)c1cc(F)ccc1F. The smallest absolute Gasteiger partial charge is 0.259 e. The molecule has 0 unspecified atom stereocenters. The second kappa shape index (κ2) is 7.80. The van der Waals surface area contributed by atoms with Crippen molar-refractivity contribution in [3.8, 4) is 0 Å². The van der Waals surface area contributed by atoms with E-state index in [1.807, 2.05) is 0 Å². The number of carbonyl (C=O) groups is 2. The van der Waals surface area contributed by atoms with Crippen molar-refractivity contribution < 1.29 is 18.4 Å². The van der Waals surface area contributed by atoms with Gasteiger partial charge in [-0.15, -0.1) is 0 Å². The van der Waals surface area contributed by atoms with Gasteiger partial charge in [0.2, 0.25) is 5.91 Å². The van der Waals surface area contributed by atoms with Crippen molar-refractivity contribution in [1.82, 2.24) is 10.3 Å². The number of nitrogens with zero attached hydrogens (tertiary/aromatic N) is 2. The number of hydrogen-bond donors (Lipinski definition) is 1. The molecule has 1 saturated heterocycles. The van der Waals surface area contributed by atoms with Crippen LogP contribution in [0.4, 0.5) is 8.78 Å². The molecule has 0 radical (unpaired) electrons. The Kier molecular flexibility index (Phi) is 5.78. The lowest BCUT2D eigenvalue weighted by atomic mass is 10.1. The van der Waals surface area contributed by atoms with Crippen molar-refractivity contribution in [3.05, 3.63) is 35.4 Å². The molecular weight excluding hydrogens is 304 g/mol. The second-order valence-electron chi connectivity index (χ2n) is 5.48. The van der Waals surface area contributed by atoms with Crippen molar-refractivity contribution in [3.63, 3.8) is 0 Å². The minimum Gasteiger partial charge on any atom is -0.333 e. The molecule has 1 N–H and O–H groups in total. The summed E-state index contributed by atoms with van der Waals surface area (Å²) in [5.74, 6) is -1.71. The normalized spacial score (nSPS) is 16.2. The highest BCUT2D eigenvalue weighted by Gasteiger charge is 2.19. The van der Waals surface area contributed by atoms with Crippen LogP contribution >= 0.6 is 0 Å². The lowest BCUT2D eigenvalue weighted by molar-refractivity contribution is -0.135. The van der Waals surface area contributed by atoms with E-state index in [2.05, 4.69) is 10.5 Å². The Bertz CT molecular complexity index is 632. The molecule has 23 heavy (non-hydrogen) atoms. The van der Waals surface area contributed by atoms with Crippen LogP contribution in [0.25, 0.3) is 0 Å². The first-order valence-electron chi connectivity index (χ1n) is 7.53. The van der Waals surface area contributed by atoms with Gasteiger partial charge in [0, 0.05) is 18.5 Å². The van der Waals surface area contributed by atoms with Gasteiger partial charge in [0.25, 0.3) is 5.91 Å². The molecule has 7 heteroatoms. The van der Waals surface area contributed by atoms with Gasteiger partial charge in [-0.2, -0.15) is 5.10 Å². The first-order valence-corrected chi connectivity index (χ1v) is 7.53. The molecule has 1 heterocycles. The molecule has 124 valence electrons. The van der Waals surface area contributed by atoms with Crippen LogP contribution in [0.1, 0.15) is 38.2 Å². The average molecular weight is 323 g/mol. The van der Waals surface area contributed by atoms with Gasteiger partial charge in [-0.3, -0.25) is 9.59 Å². The van der Waals surface area contributed by atoms with E-state index in [0.29, 0.717) is 13.0 Å². The molecule has 2 amide bonds. The number of rotatable bonds is 4. The Morgan fingerprint density at radius 1 is 1.30 bits per heavy atom. The molecule has 2 rings (SSSR count). The number of carbonyl (C=O) groups excluding carboxylic acids is 2. The summed E-state index contributed by atoms with van der Waals surface area (Å²) >= 11 is 0. The Labute approximate surface area is 133 Å². The van der Waals surface area contributed by atoms with E-state index < -0.39 is 17.5 Å². The number of likely N-dealkylation sites (tertiary alicyclic amines) is 1. The van der Waals surface area contributed by atoms with Gasteiger partial charge >= 0.3 is 0 Å². The third-order valence-electron chi connectivity index (χ3n) is 3.67. The van der Waals surface area contributed by atoms with Gasteiger partial charge in [0.05, 0.1) is 5.71 Å². The van der Waals surface area contributed by atoms with Crippen molar-refractivity contribution in [2.24, 2.45) is 5.10 Å². The van der Waals surface area contributed by atoms with Crippen LogP contribution < -0.4 is 5.43 Å². The molecule has 1 aromatic carbocycles. The van der Waals surface area contributed by atoms with E-state index in [1.54, 1.807) is 0 Å². The van der Waals surface area contributed by atoms with Gasteiger partial charge in [-0.25, -0.2) is 14.2 Å². The number of benzene rings is 1. The zero-order chi connectivity index (χ0) is 16.8. The lowest BCUT2D eigenvalue weighted by Gasteiger charge is -2.19. The van der Waals surface area contributed by atoms with Gasteiger partial charge in [-0.05, 0) is 38.0 Å². The van der Waals surface area contributed by atoms with Gasteiger partial charge in [0.15, 0.2) is 0 Å². The molecule has 1 aliphatic heterocycles. The Morgan fingerprint density at radius 2 is 2.09 bits per heavy atom. The van der Waals surface area contributed by atoms with Crippen LogP contribution in [-0.2, 0) is 9.59 Å². The fourth-order valence-electron chi connectivity index (χ4n) is 2.40. The highest BCUT2D eigenvalue weighted by atomic mass is 19.1. The molecule has 0 aliphatic carbocycles. The maximum absolute atomic E-state index is 13.6. The minimum absolute atomic E-state index is 0.0175. The summed E-state index contributed by atoms with van der Waals surface area (Å²) in [4.78, 5) is 25.2. The summed E-state index contributed by atoms with van der Waals surface area (Å²) in [5, 5.41) is 3.78. The molecule has 0 aromatic heterocycles. The van der Waals surface area contributed by atoms with E-state index in [-0.39, 0.29) is 23.7 Å². The van der Waals surface area contributed by atoms with Crippen LogP contribution in [0.15, 0.2) is 23.3 Å². The Balaban J connectivity index is 1.97. The Morgan fingerprint density at radius 3 is 2.87 bits per heavy atom. The topological polar surface area (TPSA) is 61.8 Å². The summed E-state index contributed by atoms with van der Waals surface area (Å²) in [5.41, 5.74) is 2.41. The third kappa shape index (κ3) is 4.84. The Hall–Kier alpha value is -2.31. The summed E-state index contributed by atoms with van der Waals surface area (Å²) < 4.78 is 26.7. The zero-order valence-electron chi connectivity index (χ0n) is 12.9. The van der Waals surface area contributed by atoms with Crippen molar-refractivity contribution in [2.45, 2.75) is 32.6 Å². The minimum atomic E-state index is -0.621. The molecular formula is C16H19F2N3O2. The summed E-state index contributed by atoms with van der Waals surface area (Å²) in [6.45, 7) is 1.93. The first-order chi connectivity index (χ1) is 11.0. The van der Waals surface area contributed by atoms with Gasteiger partial charge in [0.1, 0.15) is 18.2 Å². The van der Waals surface area contributed by atoms with E-state index in [9.17, 15) is 18.4 Å². The molecule has 0 saturated carbocycles. The van der Waals surface area contributed by atoms with Gasteiger partial charge < -0.3 is 4.90 Å². The number of halogens is 2. The van der Waals surface area contributed by atoms with Crippen molar-refractivity contribution >= 4 is 17.5 Å². The summed E-state index contributed by atoms with van der Waals surface area (Å²) in [6, 6.07) is 3.02. The molecule has 0 bridgehead atoms. The van der Waals surface area contributed by atoms with Crippen LogP contribution in [0.2, 0.25) is 0 Å². The van der Waals surface area contributed by atoms with Gasteiger partial charge in [-0.1, -0.05) is 6.42 Å². The standard InChI is InChI=1S/C16H19F2N3O2/c1-11(13-9-12(17)6-7-14(13)18)19-20-15(22)10-21-8-4-2-3-5-16(21)23/h6-7,9H,2-5,8,10H2,1H3,(H,20,22)/b19-11-. The molecule has 1 aliphatic rings. The average Bonchev–Trinajstić information content (AvgIpc) is 2.72. The second-order valence-corrected chi connectivity index (χ2v) is 5.48. The number of hydrazone groups is 1. The number of hydrogen-bond acceptors (Lipinski definition) is 3. The molecule has 1 aromatic rings. The number of amides is 2. The van der Waals surface area contributed by atoms with E-state index in [1.165, 1.54) is 11.8 Å². The monoisotopic (exact) mass is 323 g/mol.